The van der Waals surface area contributed by atoms with Crippen LogP contribution in [-0.4, -0.2) is 26.0 Å². The summed E-state index contributed by atoms with van der Waals surface area (Å²) in [7, 11) is 0. The fourth-order valence-corrected chi connectivity index (χ4v) is 1.12. The molecule has 0 aliphatic rings. The van der Waals surface area contributed by atoms with Gasteiger partial charge in [0.05, 0.1) is 5.69 Å². The van der Waals surface area contributed by atoms with E-state index in [1.807, 2.05) is 0 Å². The number of fused-ring (bicyclic) bond motifs is 1. The Balaban J connectivity index is 2.84. The third kappa shape index (κ3) is 0.994. The van der Waals surface area contributed by atoms with Gasteiger partial charge in [-0.2, -0.15) is 0 Å². The number of aromatic nitrogens is 3. The van der Waals surface area contributed by atoms with Crippen molar-refractivity contribution in [1.29, 1.82) is 0 Å². The van der Waals surface area contributed by atoms with Crippen LogP contribution in [-0.2, 0) is 0 Å². The van der Waals surface area contributed by atoms with E-state index >= 15 is 0 Å². The number of rotatable bonds is 1. The van der Waals surface area contributed by atoms with Crippen molar-refractivity contribution in [3.63, 3.8) is 0 Å². The van der Waals surface area contributed by atoms with Gasteiger partial charge < -0.3 is 15.8 Å². The average Bonchev–Trinajstić information content (AvgIpc) is 2.48. The summed E-state index contributed by atoms with van der Waals surface area (Å²) in [5.74, 6) is -1.10. The minimum absolute atomic E-state index is 0.0679. The van der Waals surface area contributed by atoms with Crippen molar-refractivity contribution in [2.75, 3.05) is 5.73 Å². The number of hydrogen-bond donors (Lipinski definition) is 3. The van der Waals surface area contributed by atoms with Crippen molar-refractivity contribution in [2.45, 2.75) is 0 Å². The smallest absolute Gasteiger partial charge is 0.356 e. The van der Waals surface area contributed by atoms with E-state index < -0.39 is 5.97 Å². The predicted molar refractivity (Wildman–Crippen MR) is 45.3 cm³/mol. The van der Waals surface area contributed by atoms with Gasteiger partial charge in [-0.3, -0.25) is 0 Å². The second-order valence-electron chi connectivity index (χ2n) is 2.50. The molecule has 0 aromatic carbocycles. The maximum atomic E-state index is 10.7. The molecule has 0 aliphatic heterocycles. The molecule has 0 atom stereocenters. The van der Waals surface area contributed by atoms with E-state index in [1.54, 1.807) is 0 Å². The number of hydrogen-bond acceptors (Lipinski definition) is 4. The minimum Gasteiger partial charge on any atom is -0.476 e. The normalized spacial score (nSPS) is 10.5. The molecule has 0 saturated carbocycles. The summed E-state index contributed by atoms with van der Waals surface area (Å²) in [6.45, 7) is 0. The number of nitrogens with one attached hydrogen (secondary N) is 1. The first-order chi connectivity index (χ1) is 6.20. The molecule has 2 aromatic rings. The topological polar surface area (TPSA) is 105 Å². The number of carboxylic acid groups (broad SMARTS) is 1. The van der Waals surface area contributed by atoms with Crippen molar-refractivity contribution >= 4 is 22.7 Å². The molecular formula is C7H6N4O2. The van der Waals surface area contributed by atoms with Gasteiger partial charge in [0.1, 0.15) is 17.4 Å². The summed E-state index contributed by atoms with van der Waals surface area (Å²) < 4.78 is 0. The lowest BCUT2D eigenvalue weighted by Gasteiger charge is -1.94. The molecule has 6 nitrogen and oxygen atoms in total. The number of carbonyl (C=O) groups is 1. The van der Waals surface area contributed by atoms with Crippen LogP contribution in [0.2, 0.25) is 0 Å². The van der Waals surface area contributed by atoms with E-state index in [0.717, 1.165) is 0 Å². The molecule has 0 amide bonds. The van der Waals surface area contributed by atoms with Crippen LogP contribution < -0.4 is 5.73 Å². The lowest BCUT2D eigenvalue weighted by atomic mass is 10.3. The van der Waals surface area contributed by atoms with Crippen molar-refractivity contribution < 1.29 is 9.90 Å². The molecule has 13 heavy (non-hydrogen) atoms. The van der Waals surface area contributed by atoms with Crippen molar-refractivity contribution in [2.24, 2.45) is 0 Å². The SMILES string of the molecule is Nc1c[nH]c2c(C(=O)O)ncnc12. The van der Waals surface area contributed by atoms with Gasteiger partial charge in [-0.15, -0.1) is 0 Å². The third-order valence-corrected chi connectivity index (χ3v) is 1.70. The number of anilines is 1. The molecule has 0 unspecified atom stereocenters. The molecule has 4 N–H and O–H groups in total. The van der Waals surface area contributed by atoms with Crippen LogP contribution >= 0.6 is 0 Å². The van der Waals surface area contributed by atoms with E-state index in [9.17, 15) is 4.79 Å². The summed E-state index contributed by atoms with van der Waals surface area (Å²) in [4.78, 5) is 20.9. The highest BCUT2D eigenvalue weighted by molar-refractivity contribution is 6.01. The number of nitrogen functional groups attached to an aromatic ring is 1. The van der Waals surface area contributed by atoms with Gasteiger partial charge in [0.15, 0.2) is 5.69 Å². The van der Waals surface area contributed by atoms with Crippen LogP contribution in [0, 0.1) is 0 Å². The zero-order valence-electron chi connectivity index (χ0n) is 6.48. The number of nitrogens with zero attached hydrogens (tertiary/aromatic N) is 2. The summed E-state index contributed by atoms with van der Waals surface area (Å²) in [5, 5.41) is 8.74. The Morgan fingerprint density at radius 2 is 2.31 bits per heavy atom. The Labute approximate surface area is 72.4 Å². The molecular weight excluding hydrogens is 172 g/mol. The van der Waals surface area contributed by atoms with Gasteiger partial charge in [-0.25, -0.2) is 14.8 Å². The van der Waals surface area contributed by atoms with Crippen LogP contribution in [0.3, 0.4) is 0 Å². The number of aromatic amines is 1. The molecule has 0 spiro atoms. The molecule has 2 heterocycles. The molecule has 6 heteroatoms. The highest BCUT2D eigenvalue weighted by Gasteiger charge is 2.13. The molecule has 0 fully saturated rings. The molecule has 0 bridgehead atoms. The molecule has 2 rings (SSSR count). The number of carboxylic acids is 1. The second-order valence-corrected chi connectivity index (χ2v) is 2.50. The van der Waals surface area contributed by atoms with Gasteiger partial charge in [-0.05, 0) is 0 Å². The number of nitrogens with two attached hydrogens (primary N) is 1. The lowest BCUT2D eigenvalue weighted by molar-refractivity contribution is 0.0692. The van der Waals surface area contributed by atoms with Crippen LogP contribution in [0.15, 0.2) is 12.5 Å². The monoisotopic (exact) mass is 178 g/mol. The second kappa shape index (κ2) is 2.44. The first-order valence-electron chi connectivity index (χ1n) is 3.51. The fraction of sp³-hybridized carbons (Fsp3) is 0. The molecule has 0 aliphatic carbocycles. The van der Waals surface area contributed by atoms with Crippen LogP contribution in [0.4, 0.5) is 5.69 Å². The highest BCUT2D eigenvalue weighted by atomic mass is 16.4. The number of aromatic carboxylic acids is 1. The van der Waals surface area contributed by atoms with Gasteiger partial charge in [-0.1, -0.05) is 0 Å². The maximum Gasteiger partial charge on any atom is 0.356 e. The van der Waals surface area contributed by atoms with Gasteiger partial charge in [0.25, 0.3) is 0 Å². The lowest BCUT2D eigenvalue weighted by Crippen LogP contribution is -2.01. The van der Waals surface area contributed by atoms with Crippen molar-refractivity contribution in [3.05, 3.63) is 18.2 Å². The molecule has 66 valence electrons. The third-order valence-electron chi connectivity index (χ3n) is 1.70. The van der Waals surface area contributed by atoms with E-state index in [0.29, 0.717) is 16.7 Å². The quantitative estimate of drug-likeness (QED) is 0.580. The Morgan fingerprint density at radius 3 is 3.00 bits per heavy atom. The molecule has 0 radical (unpaired) electrons. The van der Waals surface area contributed by atoms with Gasteiger partial charge in [0, 0.05) is 6.20 Å². The minimum atomic E-state index is -1.10. The first kappa shape index (κ1) is 7.53. The predicted octanol–water partition coefficient (Wildman–Crippen LogP) is 0.238. The van der Waals surface area contributed by atoms with Gasteiger partial charge >= 0.3 is 5.97 Å². The van der Waals surface area contributed by atoms with Crippen LogP contribution in [0.25, 0.3) is 11.0 Å². The van der Waals surface area contributed by atoms with Crippen LogP contribution in [0.1, 0.15) is 10.5 Å². The maximum absolute atomic E-state index is 10.7. The van der Waals surface area contributed by atoms with Crippen molar-refractivity contribution in [3.8, 4) is 0 Å². The largest absolute Gasteiger partial charge is 0.476 e. The summed E-state index contributed by atoms with van der Waals surface area (Å²) >= 11 is 0. The Bertz CT molecular complexity index is 476. The van der Waals surface area contributed by atoms with Crippen LogP contribution in [0.5, 0.6) is 0 Å². The summed E-state index contributed by atoms with van der Waals surface area (Å²) in [6.07, 6.45) is 2.67. The van der Waals surface area contributed by atoms with E-state index in [2.05, 4.69) is 15.0 Å². The Morgan fingerprint density at radius 1 is 1.54 bits per heavy atom. The standard InChI is InChI=1S/C7H6N4O2/c8-3-1-9-5-4(3)10-2-11-6(5)7(12)13/h1-2,9H,8H2,(H,12,13). The van der Waals surface area contributed by atoms with E-state index in [4.69, 9.17) is 10.8 Å². The van der Waals surface area contributed by atoms with Gasteiger partial charge in [0.2, 0.25) is 0 Å². The number of H-pyrrole nitrogens is 1. The fourth-order valence-electron chi connectivity index (χ4n) is 1.12. The average molecular weight is 178 g/mol. The highest BCUT2D eigenvalue weighted by Crippen LogP contribution is 2.18. The molecule has 2 aromatic heterocycles. The van der Waals surface area contributed by atoms with E-state index in [-0.39, 0.29) is 5.69 Å². The van der Waals surface area contributed by atoms with E-state index in [1.165, 1.54) is 12.5 Å². The van der Waals surface area contributed by atoms with Crippen molar-refractivity contribution in [1.82, 2.24) is 15.0 Å². The Hall–Kier alpha value is -2.11. The first-order valence-corrected chi connectivity index (χ1v) is 3.51. The summed E-state index contributed by atoms with van der Waals surface area (Å²) in [5.41, 5.74) is 6.67. The zero-order valence-corrected chi connectivity index (χ0v) is 6.48. The molecule has 0 saturated heterocycles. The zero-order chi connectivity index (χ0) is 9.42. The Kier molecular flexibility index (Phi) is 1.42. The summed E-state index contributed by atoms with van der Waals surface area (Å²) in [6, 6.07) is 0.